The summed E-state index contributed by atoms with van der Waals surface area (Å²) in [5.41, 5.74) is 3.86. The van der Waals surface area contributed by atoms with Gasteiger partial charge >= 0.3 is 0 Å². The zero-order chi connectivity index (χ0) is 18.8. The van der Waals surface area contributed by atoms with Crippen LogP contribution in [-0.2, 0) is 6.61 Å². The Balaban J connectivity index is 1.58. The highest BCUT2D eigenvalue weighted by Crippen LogP contribution is 2.22. The number of aliphatic hydroxyl groups is 1. The molecule has 7 heteroatoms. The van der Waals surface area contributed by atoms with Gasteiger partial charge in [0, 0.05) is 18.0 Å². The van der Waals surface area contributed by atoms with E-state index in [2.05, 4.69) is 20.4 Å². The number of amides is 1. The van der Waals surface area contributed by atoms with E-state index in [1.54, 1.807) is 29.1 Å². The van der Waals surface area contributed by atoms with E-state index < -0.39 is 0 Å². The fraction of sp³-hybridized carbons (Fsp3) is 0.150. The minimum absolute atomic E-state index is 0.169. The molecule has 3 N–H and O–H groups in total. The molecular formula is C20H19N5O2. The molecule has 27 heavy (non-hydrogen) atoms. The van der Waals surface area contributed by atoms with Gasteiger partial charge in [0.2, 0.25) is 0 Å². The number of carbonyl (C=O) groups excluding carboxylic acids is 1. The number of aromatic amines is 1. The summed E-state index contributed by atoms with van der Waals surface area (Å²) < 4.78 is 1.78. The van der Waals surface area contributed by atoms with Crippen molar-refractivity contribution in [2.75, 3.05) is 0 Å². The number of benzene rings is 2. The van der Waals surface area contributed by atoms with Crippen molar-refractivity contribution in [2.24, 2.45) is 0 Å². The van der Waals surface area contributed by atoms with Crippen LogP contribution in [0.3, 0.4) is 0 Å². The van der Waals surface area contributed by atoms with Gasteiger partial charge in [-0.1, -0.05) is 18.2 Å². The standard InChI is InChI=1S/C20H19N5O2/c1-13(15-5-2-3-6-18(15)25-10-4-9-21-25)22-20(27)14-7-8-16-17(11-14)24-19(12-26)23-16/h2-11,13,26H,12H2,1H3,(H,22,27)(H,23,24). The lowest BCUT2D eigenvalue weighted by Crippen LogP contribution is -2.27. The fourth-order valence-corrected chi connectivity index (χ4v) is 3.11. The van der Waals surface area contributed by atoms with Gasteiger partial charge in [0.05, 0.1) is 22.8 Å². The summed E-state index contributed by atoms with van der Waals surface area (Å²) in [5, 5.41) is 16.5. The highest BCUT2D eigenvalue weighted by molar-refractivity contribution is 5.97. The third-order valence-corrected chi connectivity index (χ3v) is 4.44. The summed E-state index contributed by atoms with van der Waals surface area (Å²) in [5.74, 6) is 0.295. The van der Waals surface area contributed by atoms with Crippen LogP contribution in [0.1, 0.15) is 34.7 Å². The zero-order valence-corrected chi connectivity index (χ0v) is 14.8. The first-order chi connectivity index (χ1) is 13.2. The number of imidazole rings is 1. The molecule has 0 bridgehead atoms. The first-order valence-corrected chi connectivity index (χ1v) is 8.65. The van der Waals surface area contributed by atoms with Crippen molar-refractivity contribution in [2.45, 2.75) is 19.6 Å². The third kappa shape index (κ3) is 3.32. The second-order valence-corrected chi connectivity index (χ2v) is 6.28. The molecule has 0 saturated heterocycles. The second kappa shape index (κ2) is 7.05. The normalized spacial score (nSPS) is 12.2. The minimum Gasteiger partial charge on any atom is -0.388 e. The Hall–Kier alpha value is -3.45. The van der Waals surface area contributed by atoms with Crippen LogP contribution in [0, 0.1) is 0 Å². The van der Waals surface area contributed by atoms with E-state index in [1.165, 1.54) is 0 Å². The third-order valence-electron chi connectivity index (χ3n) is 4.44. The summed E-state index contributed by atoms with van der Waals surface area (Å²) in [6.07, 6.45) is 3.60. The molecule has 2 aromatic heterocycles. The van der Waals surface area contributed by atoms with Gasteiger partial charge in [-0.3, -0.25) is 4.79 Å². The summed E-state index contributed by atoms with van der Waals surface area (Å²) >= 11 is 0. The quantitative estimate of drug-likeness (QED) is 0.509. The van der Waals surface area contributed by atoms with Gasteiger partial charge in [-0.15, -0.1) is 0 Å². The molecular weight excluding hydrogens is 342 g/mol. The van der Waals surface area contributed by atoms with E-state index >= 15 is 0 Å². The Bertz CT molecular complexity index is 1080. The van der Waals surface area contributed by atoms with E-state index in [-0.39, 0.29) is 18.6 Å². The van der Waals surface area contributed by atoms with E-state index in [1.807, 2.05) is 43.5 Å². The number of nitrogens with one attached hydrogen (secondary N) is 2. The number of H-pyrrole nitrogens is 1. The Morgan fingerprint density at radius 1 is 1.26 bits per heavy atom. The summed E-state index contributed by atoms with van der Waals surface area (Å²) in [7, 11) is 0. The van der Waals surface area contributed by atoms with Crippen LogP contribution in [0.25, 0.3) is 16.7 Å². The number of nitrogens with zero attached hydrogens (tertiary/aromatic N) is 3. The number of aliphatic hydroxyl groups excluding tert-OH is 1. The van der Waals surface area contributed by atoms with Crippen LogP contribution in [0.4, 0.5) is 0 Å². The molecule has 0 aliphatic heterocycles. The molecule has 0 aliphatic carbocycles. The highest BCUT2D eigenvalue weighted by Gasteiger charge is 2.16. The molecule has 0 fully saturated rings. The first-order valence-electron chi connectivity index (χ1n) is 8.65. The summed E-state index contributed by atoms with van der Waals surface area (Å²) in [6.45, 7) is 1.77. The number of rotatable bonds is 5. The number of fused-ring (bicyclic) bond motifs is 1. The topological polar surface area (TPSA) is 95.8 Å². The van der Waals surface area contributed by atoms with Crippen molar-refractivity contribution in [3.63, 3.8) is 0 Å². The molecule has 1 atom stereocenters. The van der Waals surface area contributed by atoms with Crippen molar-refractivity contribution < 1.29 is 9.90 Å². The van der Waals surface area contributed by atoms with Gasteiger partial charge in [-0.25, -0.2) is 9.67 Å². The van der Waals surface area contributed by atoms with Gasteiger partial charge in [0.15, 0.2) is 0 Å². The number of aromatic nitrogens is 4. The van der Waals surface area contributed by atoms with Crippen LogP contribution in [0.2, 0.25) is 0 Å². The predicted molar refractivity (Wildman–Crippen MR) is 101 cm³/mol. The Labute approximate surface area is 155 Å². The molecule has 0 spiro atoms. The van der Waals surface area contributed by atoms with Crippen molar-refractivity contribution in [1.82, 2.24) is 25.1 Å². The number of para-hydroxylation sites is 1. The molecule has 0 radical (unpaired) electrons. The monoisotopic (exact) mass is 361 g/mol. The average molecular weight is 361 g/mol. The molecule has 4 aromatic rings. The maximum Gasteiger partial charge on any atom is 0.251 e. The van der Waals surface area contributed by atoms with Crippen LogP contribution in [0.5, 0.6) is 0 Å². The smallest absolute Gasteiger partial charge is 0.251 e. The largest absolute Gasteiger partial charge is 0.388 e. The van der Waals surface area contributed by atoms with Gasteiger partial charge in [0.1, 0.15) is 12.4 Å². The second-order valence-electron chi connectivity index (χ2n) is 6.28. The lowest BCUT2D eigenvalue weighted by Gasteiger charge is -2.18. The zero-order valence-electron chi connectivity index (χ0n) is 14.8. The van der Waals surface area contributed by atoms with E-state index in [4.69, 9.17) is 0 Å². The van der Waals surface area contributed by atoms with Gasteiger partial charge in [-0.2, -0.15) is 5.10 Å². The molecule has 136 valence electrons. The molecule has 0 aliphatic rings. The minimum atomic E-state index is -0.205. The predicted octanol–water partition coefficient (Wildman–Crippen LogP) is 2.73. The number of hydrogen-bond donors (Lipinski definition) is 3. The van der Waals surface area contributed by atoms with Crippen molar-refractivity contribution >= 4 is 16.9 Å². The van der Waals surface area contributed by atoms with Crippen LogP contribution in [-0.4, -0.2) is 30.8 Å². The average Bonchev–Trinajstić information content (AvgIpc) is 3.36. The van der Waals surface area contributed by atoms with Crippen LogP contribution < -0.4 is 5.32 Å². The maximum atomic E-state index is 12.7. The molecule has 1 unspecified atom stereocenters. The van der Waals surface area contributed by atoms with Crippen LogP contribution >= 0.6 is 0 Å². The highest BCUT2D eigenvalue weighted by atomic mass is 16.3. The molecule has 2 aromatic carbocycles. The van der Waals surface area contributed by atoms with Crippen molar-refractivity contribution in [3.05, 3.63) is 77.9 Å². The molecule has 1 amide bonds. The first kappa shape index (κ1) is 17.0. The Morgan fingerprint density at radius 2 is 2.11 bits per heavy atom. The number of carbonyl (C=O) groups is 1. The fourth-order valence-electron chi connectivity index (χ4n) is 3.11. The van der Waals surface area contributed by atoms with Crippen molar-refractivity contribution in [3.8, 4) is 5.69 Å². The molecule has 7 nitrogen and oxygen atoms in total. The van der Waals surface area contributed by atoms with Crippen LogP contribution in [0.15, 0.2) is 60.9 Å². The summed E-state index contributed by atoms with van der Waals surface area (Å²) in [4.78, 5) is 20.0. The molecule has 2 heterocycles. The van der Waals surface area contributed by atoms with E-state index in [0.29, 0.717) is 16.9 Å². The molecule has 0 saturated carbocycles. The van der Waals surface area contributed by atoms with Gasteiger partial charge in [-0.05, 0) is 42.8 Å². The SMILES string of the molecule is CC(NC(=O)c1ccc2nc(CO)[nH]c2c1)c1ccccc1-n1cccn1. The van der Waals surface area contributed by atoms with E-state index in [0.717, 1.165) is 16.8 Å². The Morgan fingerprint density at radius 3 is 2.89 bits per heavy atom. The van der Waals surface area contributed by atoms with E-state index in [9.17, 15) is 9.90 Å². The van der Waals surface area contributed by atoms with Gasteiger partial charge in [0.25, 0.3) is 5.91 Å². The Kier molecular flexibility index (Phi) is 4.43. The van der Waals surface area contributed by atoms with Crippen molar-refractivity contribution in [1.29, 1.82) is 0 Å². The summed E-state index contributed by atoms with van der Waals surface area (Å²) in [6, 6.07) is 14.7. The maximum absolute atomic E-state index is 12.7. The lowest BCUT2D eigenvalue weighted by atomic mass is 10.1. The van der Waals surface area contributed by atoms with Gasteiger partial charge < -0.3 is 15.4 Å². The lowest BCUT2D eigenvalue weighted by molar-refractivity contribution is 0.0940. The molecule has 4 rings (SSSR count). The number of hydrogen-bond acceptors (Lipinski definition) is 4.